The van der Waals surface area contributed by atoms with Crippen LogP contribution in [-0.2, 0) is 10.2 Å². The Labute approximate surface area is 152 Å². The zero-order chi connectivity index (χ0) is 18.6. The van der Waals surface area contributed by atoms with Crippen molar-refractivity contribution < 1.29 is 14.7 Å². The fourth-order valence-electron chi connectivity index (χ4n) is 2.48. The Kier molecular flexibility index (Phi) is 5.85. The molecule has 0 saturated carbocycles. The Balaban J connectivity index is 2.19. The van der Waals surface area contributed by atoms with Crippen molar-refractivity contribution in [2.75, 3.05) is 0 Å². The largest absolute Gasteiger partial charge is 0.550 e. The number of benzene rings is 2. The third-order valence-corrected chi connectivity index (χ3v) is 4.21. The number of rotatable bonds is 5. The lowest BCUT2D eigenvalue weighted by Gasteiger charge is -2.21. The van der Waals surface area contributed by atoms with E-state index in [0.717, 1.165) is 5.56 Å². The van der Waals surface area contributed by atoms with Crippen LogP contribution < -0.4 is 10.4 Å². The first kappa shape index (κ1) is 19.0. The number of aliphatic carboxylic acids is 1. The van der Waals surface area contributed by atoms with Gasteiger partial charge < -0.3 is 15.2 Å². The molecule has 0 aromatic heterocycles. The second kappa shape index (κ2) is 7.70. The van der Waals surface area contributed by atoms with Crippen LogP contribution in [0.5, 0.6) is 0 Å². The fourth-order valence-corrected chi connectivity index (χ4v) is 2.60. The molecule has 2 aromatic carbocycles. The molecule has 0 heterocycles. The molecular formula is C20H21ClNO3-. The summed E-state index contributed by atoms with van der Waals surface area (Å²) >= 11 is 5.86. The predicted molar refractivity (Wildman–Crippen MR) is 96.4 cm³/mol. The maximum Gasteiger partial charge on any atom is 0.251 e. The Morgan fingerprint density at radius 3 is 2.08 bits per heavy atom. The maximum atomic E-state index is 12.5. The topological polar surface area (TPSA) is 69.2 Å². The van der Waals surface area contributed by atoms with E-state index in [9.17, 15) is 14.7 Å². The summed E-state index contributed by atoms with van der Waals surface area (Å²) in [5.74, 6) is -1.56. The molecule has 5 heteroatoms. The van der Waals surface area contributed by atoms with E-state index in [4.69, 9.17) is 11.6 Å². The number of hydrogen-bond acceptors (Lipinski definition) is 3. The first-order valence-electron chi connectivity index (χ1n) is 8.03. The van der Waals surface area contributed by atoms with Crippen LogP contribution in [0.25, 0.3) is 0 Å². The Hall–Kier alpha value is -2.33. The highest BCUT2D eigenvalue weighted by Crippen LogP contribution is 2.23. The van der Waals surface area contributed by atoms with Gasteiger partial charge in [-0.25, -0.2) is 0 Å². The Morgan fingerprint density at radius 1 is 1.04 bits per heavy atom. The van der Waals surface area contributed by atoms with Crippen LogP contribution in [0.3, 0.4) is 0 Å². The van der Waals surface area contributed by atoms with E-state index in [0.29, 0.717) is 16.1 Å². The highest BCUT2D eigenvalue weighted by atomic mass is 35.5. The van der Waals surface area contributed by atoms with E-state index in [1.807, 2.05) is 12.1 Å². The van der Waals surface area contributed by atoms with E-state index >= 15 is 0 Å². The molecule has 2 aromatic rings. The van der Waals surface area contributed by atoms with Crippen LogP contribution in [0.2, 0.25) is 5.02 Å². The lowest BCUT2D eigenvalue weighted by molar-refractivity contribution is -0.306. The van der Waals surface area contributed by atoms with E-state index in [-0.39, 0.29) is 17.7 Å². The second-order valence-corrected chi connectivity index (χ2v) is 7.42. The van der Waals surface area contributed by atoms with E-state index in [2.05, 4.69) is 26.1 Å². The van der Waals surface area contributed by atoms with Gasteiger partial charge in [0.05, 0.1) is 6.04 Å². The van der Waals surface area contributed by atoms with Gasteiger partial charge in [-0.3, -0.25) is 4.79 Å². The number of halogens is 1. The molecule has 2 rings (SSSR count). The lowest BCUT2D eigenvalue weighted by Crippen LogP contribution is -2.34. The van der Waals surface area contributed by atoms with Crippen molar-refractivity contribution in [2.45, 2.75) is 38.6 Å². The predicted octanol–water partition coefficient (Wildman–Crippen LogP) is 3.25. The summed E-state index contributed by atoms with van der Waals surface area (Å²) in [6.07, 6.45) is -0.312. The van der Waals surface area contributed by atoms with Crippen LogP contribution in [0.4, 0.5) is 0 Å². The molecule has 0 saturated heterocycles. The van der Waals surface area contributed by atoms with Gasteiger partial charge in [-0.15, -0.1) is 0 Å². The number of carbonyl (C=O) groups is 2. The van der Waals surface area contributed by atoms with Crippen LogP contribution in [-0.4, -0.2) is 11.9 Å². The number of carboxylic acids is 1. The van der Waals surface area contributed by atoms with Crippen molar-refractivity contribution in [1.29, 1.82) is 0 Å². The van der Waals surface area contributed by atoms with Gasteiger partial charge in [0, 0.05) is 23.0 Å². The molecule has 0 spiro atoms. The molecule has 0 unspecified atom stereocenters. The smallest absolute Gasteiger partial charge is 0.251 e. The fraction of sp³-hybridized carbons (Fsp3) is 0.300. The summed E-state index contributed by atoms with van der Waals surface area (Å²) in [4.78, 5) is 23.5. The first-order chi connectivity index (χ1) is 11.7. The van der Waals surface area contributed by atoms with Crippen molar-refractivity contribution >= 4 is 23.5 Å². The summed E-state index contributed by atoms with van der Waals surface area (Å²) in [5.41, 5.74) is 2.25. The molecule has 0 aliphatic heterocycles. The quantitative estimate of drug-likeness (QED) is 0.891. The Morgan fingerprint density at radius 2 is 1.60 bits per heavy atom. The zero-order valence-corrected chi connectivity index (χ0v) is 15.3. The van der Waals surface area contributed by atoms with Gasteiger partial charge in [-0.1, -0.05) is 56.6 Å². The number of hydrogen-bond donors (Lipinski definition) is 1. The average Bonchev–Trinajstić information content (AvgIpc) is 2.54. The highest BCUT2D eigenvalue weighted by molar-refractivity contribution is 6.30. The SMILES string of the molecule is CC(C)(C)c1ccc(C(=O)N[C@@H](CC(=O)[O-])c2ccc(Cl)cc2)cc1. The summed E-state index contributed by atoms with van der Waals surface area (Å²) in [7, 11) is 0. The molecule has 132 valence electrons. The van der Waals surface area contributed by atoms with Crippen LogP contribution in [0, 0.1) is 0 Å². The van der Waals surface area contributed by atoms with Crippen molar-refractivity contribution in [3.05, 3.63) is 70.2 Å². The molecule has 25 heavy (non-hydrogen) atoms. The van der Waals surface area contributed by atoms with Gasteiger partial charge in [0.15, 0.2) is 0 Å². The third kappa shape index (κ3) is 5.33. The molecule has 1 atom stereocenters. The summed E-state index contributed by atoms with van der Waals surface area (Å²) in [6, 6.07) is 13.3. The van der Waals surface area contributed by atoms with Gasteiger partial charge in [0.1, 0.15) is 0 Å². The van der Waals surface area contributed by atoms with Gasteiger partial charge in [0.25, 0.3) is 5.91 Å². The van der Waals surface area contributed by atoms with Crippen molar-refractivity contribution in [3.8, 4) is 0 Å². The van der Waals surface area contributed by atoms with Crippen molar-refractivity contribution in [2.24, 2.45) is 0 Å². The minimum Gasteiger partial charge on any atom is -0.550 e. The monoisotopic (exact) mass is 358 g/mol. The van der Waals surface area contributed by atoms with Crippen LogP contribution >= 0.6 is 11.6 Å². The molecular weight excluding hydrogens is 338 g/mol. The third-order valence-electron chi connectivity index (χ3n) is 3.96. The minimum atomic E-state index is -1.23. The maximum absolute atomic E-state index is 12.5. The second-order valence-electron chi connectivity index (χ2n) is 6.98. The molecule has 0 fully saturated rings. The standard InChI is InChI=1S/C20H22ClNO3/c1-20(2,3)15-8-4-14(5-9-15)19(25)22-17(12-18(23)24)13-6-10-16(21)11-7-13/h4-11,17H,12H2,1-3H3,(H,22,25)(H,23,24)/p-1/t17-/m0/s1. The molecule has 0 aliphatic rings. The van der Waals surface area contributed by atoms with Gasteiger partial charge in [-0.2, -0.15) is 0 Å². The summed E-state index contributed by atoms with van der Waals surface area (Å²) in [5, 5.41) is 14.3. The van der Waals surface area contributed by atoms with E-state index in [1.54, 1.807) is 36.4 Å². The van der Waals surface area contributed by atoms with E-state index in [1.165, 1.54) is 0 Å². The van der Waals surface area contributed by atoms with Crippen LogP contribution in [0.15, 0.2) is 48.5 Å². The molecule has 1 amide bonds. The zero-order valence-electron chi connectivity index (χ0n) is 14.5. The van der Waals surface area contributed by atoms with Gasteiger partial charge in [-0.05, 0) is 40.8 Å². The van der Waals surface area contributed by atoms with Gasteiger partial charge in [0.2, 0.25) is 0 Å². The lowest BCUT2D eigenvalue weighted by atomic mass is 9.86. The van der Waals surface area contributed by atoms with Crippen molar-refractivity contribution in [1.82, 2.24) is 5.32 Å². The average molecular weight is 359 g/mol. The van der Waals surface area contributed by atoms with Crippen molar-refractivity contribution in [3.63, 3.8) is 0 Å². The normalized spacial score (nSPS) is 12.5. The van der Waals surface area contributed by atoms with Crippen LogP contribution in [0.1, 0.15) is 54.7 Å². The number of nitrogens with one attached hydrogen (secondary N) is 1. The number of amides is 1. The number of carbonyl (C=O) groups excluding carboxylic acids is 2. The molecule has 1 N–H and O–H groups in total. The first-order valence-corrected chi connectivity index (χ1v) is 8.41. The minimum absolute atomic E-state index is 0.00414. The van der Waals surface area contributed by atoms with E-state index < -0.39 is 12.0 Å². The molecule has 0 radical (unpaired) electrons. The number of carboxylic acid groups (broad SMARTS) is 1. The highest BCUT2D eigenvalue weighted by Gasteiger charge is 2.18. The Bertz CT molecular complexity index is 746. The molecule has 0 bridgehead atoms. The summed E-state index contributed by atoms with van der Waals surface area (Å²) in [6.45, 7) is 6.29. The van der Waals surface area contributed by atoms with Gasteiger partial charge >= 0.3 is 0 Å². The molecule has 0 aliphatic carbocycles. The molecule has 4 nitrogen and oxygen atoms in total. The summed E-state index contributed by atoms with van der Waals surface area (Å²) < 4.78 is 0.